The summed E-state index contributed by atoms with van der Waals surface area (Å²) in [5, 5.41) is 13.7. The van der Waals surface area contributed by atoms with Gasteiger partial charge in [-0.05, 0) is 43.2 Å². The molecule has 0 saturated carbocycles. The summed E-state index contributed by atoms with van der Waals surface area (Å²) < 4.78 is 4.99. The first-order chi connectivity index (χ1) is 11.8. The molecule has 0 bridgehead atoms. The molecule has 130 valence electrons. The van der Waals surface area contributed by atoms with Crippen LogP contribution in [0.5, 0.6) is 0 Å². The highest BCUT2D eigenvalue weighted by atomic mass is 16.6. The zero-order chi connectivity index (χ0) is 18.6. The van der Waals surface area contributed by atoms with E-state index in [1.165, 1.54) is 12.1 Å². The first-order valence-corrected chi connectivity index (χ1v) is 7.57. The molecule has 7 nitrogen and oxygen atoms in total. The molecule has 0 atom stereocenters. The van der Waals surface area contributed by atoms with Crippen molar-refractivity contribution < 1.29 is 19.2 Å². The van der Waals surface area contributed by atoms with Gasteiger partial charge in [0, 0.05) is 18.7 Å². The van der Waals surface area contributed by atoms with Gasteiger partial charge >= 0.3 is 5.97 Å². The maximum atomic E-state index is 12.1. The lowest BCUT2D eigenvalue weighted by Gasteiger charge is -2.07. The van der Waals surface area contributed by atoms with E-state index in [2.05, 4.69) is 5.32 Å². The van der Waals surface area contributed by atoms with Crippen molar-refractivity contribution in [2.24, 2.45) is 0 Å². The Kier molecular flexibility index (Phi) is 5.49. The van der Waals surface area contributed by atoms with Gasteiger partial charge < -0.3 is 10.1 Å². The van der Waals surface area contributed by atoms with E-state index in [1.54, 1.807) is 19.2 Å². The number of benzene rings is 2. The number of hydrogen-bond acceptors (Lipinski definition) is 6. The summed E-state index contributed by atoms with van der Waals surface area (Å²) >= 11 is 0. The van der Waals surface area contributed by atoms with Gasteiger partial charge in [0.15, 0.2) is 12.4 Å². The number of Topliss-reactive ketones (excluding diaryl/α,β-unsaturated/α-hetero) is 1. The van der Waals surface area contributed by atoms with Gasteiger partial charge in [-0.3, -0.25) is 14.9 Å². The molecule has 0 fully saturated rings. The third-order valence-corrected chi connectivity index (χ3v) is 3.86. The number of rotatable bonds is 6. The summed E-state index contributed by atoms with van der Waals surface area (Å²) in [7, 11) is 1.54. The molecule has 2 aromatic carbocycles. The number of carbonyl (C=O) groups is 2. The van der Waals surface area contributed by atoms with Crippen molar-refractivity contribution in [1.29, 1.82) is 0 Å². The van der Waals surface area contributed by atoms with Gasteiger partial charge in [0.25, 0.3) is 5.69 Å². The maximum absolute atomic E-state index is 12.1. The van der Waals surface area contributed by atoms with Crippen molar-refractivity contribution in [1.82, 2.24) is 0 Å². The first kappa shape index (κ1) is 18.1. The highest BCUT2D eigenvalue weighted by molar-refractivity contribution is 5.99. The monoisotopic (exact) mass is 342 g/mol. The number of aryl methyl sites for hydroxylation is 2. The summed E-state index contributed by atoms with van der Waals surface area (Å²) in [6.45, 7) is 3.40. The number of nitrogens with one attached hydrogen (secondary N) is 1. The number of nitro groups is 1. The Labute approximate surface area is 144 Å². The molecule has 0 aliphatic heterocycles. The summed E-state index contributed by atoms with van der Waals surface area (Å²) in [5.41, 5.74) is 2.54. The van der Waals surface area contributed by atoms with Gasteiger partial charge in [0.05, 0.1) is 10.5 Å². The van der Waals surface area contributed by atoms with E-state index in [4.69, 9.17) is 4.74 Å². The Morgan fingerprint density at radius 3 is 2.36 bits per heavy atom. The quantitative estimate of drug-likeness (QED) is 0.374. The Hall–Kier alpha value is -3.22. The van der Waals surface area contributed by atoms with E-state index in [0.717, 1.165) is 17.2 Å². The molecule has 0 aliphatic carbocycles. The van der Waals surface area contributed by atoms with Gasteiger partial charge in [-0.1, -0.05) is 12.1 Å². The summed E-state index contributed by atoms with van der Waals surface area (Å²) in [6.07, 6.45) is 0. The lowest BCUT2D eigenvalue weighted by molar-refractivity contribution is -0.384. The second kappa shape index (κ2) is 7.57. The van der Waals surface area contributed by atoms with Gasteiger partial charge in [0.1, 0.15) is 5.69 Å². The molecule has 2 aromatic rings. The molecule has 0 spiro atoms. The number of carbonyl (C=O) groups excluding carboxylic acids is 2. The Morgan fingerprint density at radius 1 is 1.08 bits per heavy atom. The van der Waals surface area contributed by atoms with Crippen LogP contribution in [0.4, 0.5) is 11.4 Å². The Bertz CT molecular complexity index is 845. The molecule has 2 rings (SSSR count). The van der Waals surface area contributed by atoms with Crippen molar-refractivity contribution in [3.8, 4) is 0 Å². The van der Waals surface area contributed by atoms with Crippen LogP contribution in [0, 0.1) is 24.0 Å². The van der Waals surface area contributed by atoms with Crippen LogP contribution in [0.3, 0.4) is 0 Å². The van der Waals surface area contributed by atoms with Crippen molar-refractivity contribution >= 4 is 23.1 Å². The molecular formula is C18H18N2O5. The summed E-state index contributed by atoms with van der Waals surface area (Å²) in [6, 6.07) is 9.17. The number of ether oxygens (including phenoxy) is 1. The molecule has 0 aromatic heterocycles. The van der Waals surface area contributed by atoms with Crippen molar-refractivity contribution in [3.05, 3.63) is 68.8 Å². The molecule has 0 unspecified atom stereocenters. The zero-order valence-corrected chi connectivity index (χ0v) is 14.2. The lowest BCUT2D eigenvalue weighted by atomic mass is 10.0. The van der Waals surface area contributed by atoms with Crippen LogP contribution < -0.4 is 5.32 Å². The summed E-state index contributed by atoms with van der Waals surface area (Å²) in [4.78, 5) is 34.6. The fraction of sp³-hybridized carbons (Fsp3) is 0.222. The molecule has 7 heteroatoms. The molecule has 0 saturated heterocycles. The van der Waals surface area contributed by atoms with Crippen molar-refractivity contribution in [2.45, 2.75) is 13.8 Å². The molecule has 0 amide bonds. The molecule has 25 heavy (non-hydrogen) atoms. The minimum absolute atomic E-state index is 0.0126. The predicted octanol–water partition coefficient (Wildman–Crippen LogP) is 3.29. The van der Waals surface area contributed by atoms with Crippen LogP contribution >= 0.6 is 0 Å². The van der Waals surface area contributed by atoms with Gasteiger partial charge in [-0.2, -0.15) is 0 Å². The maximum Gasteiger partial charge on any atom is 0.338 e. The van der Waals surface area contributed by atoms with Crippen LogP contribution in [0.1, 0.15) is 31.8 Å². The number of nitrogens with zero attached hydrogens (tertiary/aromatic N) is 1. The molecular weight excluding hydrogens is 324 g/mol. The number of ketones is 1. The Balaban J connectivity index is 2.09. The highest BCUT2D eigenvalue weighted by Gasteiger charge is 2.18. The average Bonchev–Trinajstić information content (AvgIpc) is 2.60. The van der Waals surface area contributed by atoms with Crippen LogP contribution in [-0.2, 0) is 4.74 Å². The van der Waals surface area contributed by atoms with Gasteiger partial charge in [-0.25, -0.2) is 4.79 Å². The van der Waals surface area contributed by atoms with E-state index < -0.39 is 17.5 Å². The molecule has 0 radical (unpaired) electrons. The number of nitro benzene ring substituents is 1. The minimum atomic E-state index is -0.789. The normalized spacial score (nSPS) is 10.2. The van der Waals surface area contributed by atoms with E-state index in [1.807, 2.05) is 19.9 Å². The van der Waals surface area contributed by atoms with Crippen molar-refractivity contribution in [2.75, 3.05) is 19.0 Å². The Morgan fingerprint density at radius 2 is 1.76 bits per heavy atom. The molecule has 0 heterocycles. The van der Waals surface area contributed by atoms with Gasteiger partial charge in [0.2, 0.25) is 0 Å². The van der Waals surface area contributed by atoms with Crippen molar-refractivity contribution in [3.63, 3.8) is 0 Å². The van der Waals surface area contributed by atoms with E-state index in [0.29, 0.717) is 5.56 Å². The zero-order valence-electron chi connectivity index (χ0n) is 14.2. The smallest absolute Gasteiger partial charge is 0.338 e. The lowest BCUT2D eigenvalue weighted by Crippen LogP contribution is -2.14. The van der Waals surface area contributed by atoms with E-state index in [9.17, 15) is 19.7 Å². The van der Waals surface area contributed by atoms with Crippen LogP contribution in [-0.4, -0.2) is 30.3 Å². The number of esters is 1. The molecule has 1 N–H and O–H groups in total. The third kappa shape index (κ3) is 4.20. The first-order valence-electron chi connectivity index (χ1n) is 7.57. The minimum Gasteiger partial charge on any atom is -0.454 e. The molecule has 0 aliphatic rings. The second-order valence-corrected chi connectivity index (χ2v) is 5.54. The standard InChI is InChI=1S/C18H18N2O5/c1-11-4-5-13(8-12(11)2)17(21)10-25-18(22)14-6-7-15(19-3)16(9-14)20(23)24/h4-9,19H,10H2,1-3H3. The largest absolute Gasteiger partial charge is 0.454 e. The summed E-state index contributed by atoms with van der Waals surface area (Å²) in [5.74, 6) is -1.12. The van der Waals surface area contributed by atoms with Crippen LogP contribution in [0.2, 0.25) is 0 Å². The SMILES string of the molecule is CNc1ccc(C(=O)OCC(=O)c2ccc(C)c(C)c2)cc1[N+](=O)[O-]. The fourth-order valence-electron chi connectivity index (χ4n) is 2.23. The third-order valence-electron chi connectivity index (χ3n) is 3.86. The van der Waals surface area contributed by atoms with Crippen LogP contribution in [0.15, 0.2) is 36.4 Å². The van der Waals surface area contributed by atoms with E-state index in [-0.39, 0.29) is 22.7 Å². The number of hydrogen-bond donors (Lipinski definition) is 1. The number of anilines is 1. The van der Waals surface area contributed by atoms with Crippen LogP contribution in [0.25, 0.3) is 0 Å². The topological polar surface area (TPSA) is 98.5 Å². The fourth-order valence-corrected chi connectivity index (χ4v) is 2.23. The van der Waals surface area contributed by atoms with E-state index >= 15 is 0 Å². The highest BCUT2D eigenvalue weighted by Crippen LogP contribution is 2.25. The average molecular weight is 342 g/mol. The predicted molar refractivity (Wildman–Crippen MR) is 93.2 cm³/mol. The van der Waals surface area contributed by atoms with Gasteiger partial charge in [-0.15, -0.1) is 0 Å². The second-order valence-electron chi connectivity index (χ2n) is 5.54.